The number of carbonyl (C=O) groups excluding carboxylic acids is 1. The molecule has 0 spiro atoms. The summed E-state index contributed by atoms with van der Waals surface area (Å²) < 4.78 is 1.07. The SMILES string of the molecule is CC(C)C(C=O)=Cc1cc(Br)cs1. The lowest BCUT2D eigenvalue weighted by Gasteiger charge is -2.01. The first-order valence-corrected chi connectivity index (χ1v) is 5.71. The molecule has 0 aliphatic heterocycles. The molecule has 0 aliphatic rings. The Kier molecular flexibility index (Phi) is 3.88. The summed E-state index contributed by atoms with van der Waals surface area (Å²) in [6.07, 6.45) is 2.87. The van der Waals surface area contributed by atoms with Crippen LogP contribution in [0.2, 0.25) is 0 Å². The molecule has 0 fully saturated rings. The van der Waals surface area contributed by atoms with Crippen LogP contribution in [-0.4, -0.2) is 6.29 Å². The van der Waals surface area contributed by atoms with Crippen molar-refractivity contribution in [3.63, 3.8) is 0 Å². The highest BCUT2D eigenvalue weighted by Crippen LogP contribution is 2.23. The van der Waals surface area contributed by atoms with Crippen LogP contribution in [0.5, 0.6) is 0 Å². The maximum Gasteiger partial charge on any atom is 0.146 e. The third-order valence-electron chi connectivity index (χ3n) is 1.70. The summed E-state index contributed by atoms with van der Waals surface area (Å²) >= 11 is 5.00. The van der Waals surface area contributed by atoms with E-state index in [1.165, 1.54) is 0 Å². The molecule has 3 heteroatoms. The van der Waals surface area contributed by atoms with Crippen LogP contribution in [0.1, 0.15) is 18.7 Å². The lowest BCUT2D eigenvalue weighted by atomic mass is 10.0. The summed E-state index contributed by atoms with van der Waals surface area (Å²) in [5.74, 6) is 0.290. The van der Waals surface area contributed by atoms with Gasteiger partial charge in [-0.1, -0.05) is 13.8 Å². The van der Waals surface area contributed by atoms with Crippen LogP contribution in [0, 0.1) is 5.92 Å². The van der Waals surface area contributed by atoms with Crippen molar-refractivity contribution in [1.29, 1.82) is 0 Å². The van der Waals surface area contributed by atoms with Gasteiger partial charge in [0, 0.05) is 14.7 Å². The van der Waals surface area contributed by atoms with Gasteiger partial charge in [-0.15, -0.1) is 11.3 Å². The second-order valence-corrected chi connectivity index (χ2v) is 4.94. The number of thiophene rings is 1. The zero-order chi connectivity index (χ0) is 9.84. The summed E-state index contributed by atoms with van der Waals surface area (Å²) in [6.45, 7) is 4.03. The number of carbonyl (C=O) groups is 1. The monoisotopic (exact) mass is 258 g/mol. The fourth-order valence-corrected chi connectivity index (χ4v) is 2.30. The van der Waals surface area contributed by atoms with Gasteiger partial charge < -0.3 is 0 Å². The van der Waals surface area contributed by atoms with Crippen molar-refractivity contribution >= 4 is 39.6 Å². The summed E-state index contributed by atoms with van der Waals surface area (Å²) in [5, 5.41) is 2.01. The first-order valence-electron chi connectivity index (χ1n) is 4.04. The Hall–Kier alpha value is -0.410. The fraction of sp³-hybridized carbons (Fsp3) is 0.300. The van der Waals surface area contributed by atoms with Crippen LogP contribution in [-0.2, 0) is 4.79 Å². The van der Waals surface area contributed by atoms with Crippen LogP contribution in [0.4, 0.5) is 0 Å². The topological polar surface area (TPSA) is 17.1 Å². The van der Waals surface area contributed by atoms with E-state index in [0.717, 1.165) is 21.2 Å². The predicted octanol–water partition coefficient (Wildman–Crippen LogP) is 3.75. The molecule has 0 aliphatic carbocycles. The number of hydrogen-bond donors (Lipinski definition) is 0. The van der Waals surface area contributed by atoms with Crippen molar-refractivity contribution in [2.45, 2.75) is 13.8 Å². The minimum Gasteiger partial charge on any atom is -0.298 e. The quantitative estimate of drug-likeness (QED) is 0.596. The van der Waals surface area contributed by atoms with Crippen molar-refractivity contribution in [3.05, 3.63) is 26.4 Å². The molecule has 0 N–H and O–H groups in total. The molecule has 0 saturated carbocycles. The molecular formula is C10H11BrOS. The summed E-state index contributed by atoms with van der Waals surface area (Å²) in [7, 11) is 0. The zero-order valence-corrected chi connectivity index (χ0v) is 9.98. The standard InChI is InChI=1S/C10H11BrOS/c1-7(2)8(5-12)3-10-4-9(11)6-13-10/h3-7H,1-2H3. The fourth-order valence-electron chi connectivity index (χ4n) is 0.905. The van der Waals surface area contributed by atoms with Gasteiger partial charge in [-0.3, -0.25) is 4.79 Å². The smallest absolute Gasteiger partial charge is 0.146 e. The molecule has 0 bridgehead atoms. The van der Waals surface area contributed by atoms with E-state index >= 15 is 0 Å². The Labute approximate surface area is 90.6 Å². The van der Waals surface area contributed by atoms with E-state index < -0.39 is 0 Å². The van der Waals surface area contributed by atoms with E-state index in [1.807, 2.05) is 31.4 Å². The van der Waals surface area contributed by atoms with Gasteiger partial charge in [0.1, 0.15) is 6.29 Å². The molecule has 0 amide bonds. The van der Waals surface area contributed by atoms with E-state index in [9.17, 15) is 4.79 Å². The molecule has 1 aromatic rings. The highest BCUT2D eigenvalue weighted by atomic mass is 79.9. The minimum atomic E-state index is 0.290. The van der Waals surface area contributed by atoms with Crippen LogP contribution >= 0.6 is 27.3 Å². The summed E-state index contributed by atoms with van der Waals surface area (Å²) in [5.41, 5.74) is 0.842. The van der Waals surface area contributed by atoms with Gasteiger partial charge >= 0.3 is 0 Å². The average molecular weight is 259 g/mol. The molecule has 1 aromatic heterocycles. The lowest BCUT2D eigenvalue weighted by Crippen LogP contribution is -1.93. The molecule has 0 saturated heterocycles. The van der Waals surface area contributed by atoms with Gasteiger partial charge in [0.05, 0.1) is 0 Å². The molecule has 70 valence electrons. The zero-order valence-electron chi connectivity index (χ0n) is 7.58. The van der Waals surface area contributed by atoms with Crippen molar-refractivity contribution in [2.24, 2.45) is 5.92 Å². The third kappa shape index (κ3) is 3.08. The second-order valence-electron chi connectivity index (χ2n) is 3.08. The number of hydrogen-bond acceptors (Lipinski definition) is 2. The molecule has 1 heterocycles. The first kappa shape index (κ1) is 10.7. The van der Waals surface area contributed by atoms with Gasteiger partial charge in [0.2, 0.25) is 0 Å². The minimum absolute atomic E-state index is 0.290. The maximum atomic E-state index is 10.7. The number of rotatable bonds is 3. The van der Waals surface area contributed by atoms with E-state index in [2.05, 4.69) is 15.9 Å². The molecule has 0 unspecified atom stereocenters. The second kappa shape index (κ2) is 4.72. The van der Waals surface area contributed by atoms with E-state index in [0.29, 0.717) is 5.92 Å². The molecule has 0 atom stereocenters. The Balaban J connectivity index is 2.91. The van der Waals surface area contributed by atoms with E-state index in [1.54, 1.807) is 11.3 Å². The Morgan fingerprint density at radius 3 is 2.69 bits per heavy atom. The van der Waals surface area contributed by atoms with Gasteiger partial charge in [-0.2, -0.15) is 0 Å². The molecule has 0 radical (unpaired) electrons. The Bertz CT molecular complexity index is 325. The molecule has 1 nitrogen and oxygen atoms in total. The lowest BCUT2D eigenvalue weighted by molar-refractivity contribution is -0.105. The van der Waals surface area contributed by atoms with Crippen LogP contribution in [0.25, 0.3) is 6.08 Å². The van der Waals surface area contributed by atoms with Gasteiger partial charge in [0.15, 0.2) is 0 Å². The van der Waals surface area contributed by atoms with E-state index in [4.69, 9.17) is 0 Å². The predicted molar refractivity (Wildman–Crippen MR) is 60.9 cm³/mol. The summed E-state index contributed by atoms with van der Waals surface area (Å²) in [6, 6.07) is 2.01. The largest absolute Gasteiger partial charge is 0.298 e. The number of aldehydes is 1. The van der Waals surface area contributed by atoms with Crippen molar-refractivity contribution in [3.8, 4) is 0 Å². The van der Waals surface area contributed by atoms with Crippen molar-refractivity contribution in [1.82, 2.24) is 0 Å². The average Bonchev–Trinajstić information content (AvgIpc) is 2.46. The van der Waals surface area contributed by atoms with Crippen LogP contribution in [0.15, 0.2) is 21.5 Å². The maximum absolute atomic E-state index is 10.7. The Morgan fingerprint density at radius 2 is 2.31 bits per heavy atom. The van der Waals surface area contributed by atoms with Gasteiger partial charge in [-0.05, 0) is 39.6 Å². The van der Waals surface area contributed by atoms with Crippen LogP contribution in [0.3, 0.4) is 0 Å². The highest BCUT2D eigenvalue weighted by Gasteiger charge is 2.02. The van der Waals surface area contributed by atoms with E-state index in [-0.39, 0.29) is 0 Å². The normalized spacial score (nSPS) is 12.2. The van der Waals surface area contributed by atoms with Gasteiger partial charge in [0.25, 0.3) is 0 Å². The van der Waals surface area contributed by atoms with Crippen molar-refractivity contribution in [2.75, 3.05) is 0 Å². The highest BCUT2D eigenvalue weighted by molar-refractivity contribution is 9.10. The first-order chi connectivity index (χ1) is 6.13. The number of halogens is 1. The molecule has 13 heavy (non-hydrogen) atoms. The van der Waals surface area contributed by atoms with Crippen LogP contribution < -0.4 is 0 Å². The molecular weight excluding hydrogens is 248 g/mol. The Morgan fingerprint density at radius 1 is 1.62 bits per heavy atom. The molecule has 1 rings (SSSR count). The molecule has 0 aromatic carbocycles. The summed E-state index contributed by atoms with van der Waals surface area (Å²) in [4.78, 5) is 11.8. The van der Waals surface area contributed by atoms with Crippen molar-refractivity contribution < 1.29 is 4.79 Å². The number of allylic oxidation sites excluding steroid dienone is 1. The van der Waals surface area contributed by atoms with Gasteiger partial charge in [-0.25, -0.2) is 0 Å². The third-order valence-corrected chi connectivity index (χ3v) is 3.34.